The first kappa shape index (κ1) is 14.1. The van der Waals surface area contributed by atoms with Crippen LogP contribution in [0.2, 0.25) is 0 Å². The van der Waals surface area contributed by atoms with Crippen molar-refractivity contribution < 1.29 is 9.90 Å². The zero-order valence-corrected chi connectivity index (χ0v) is 12.0. The average Bonchev–Trinajstić information content (AvgIpc) is 2.75. The molecule has 19 heavy (non-hydrogen) atoms. The van der Waals surface area contributed by atoms with Crippen molar-refractivity contribution >= 4 is 5.97 Å². The zero-order chi connectivity index (χ0) is 14.0. The van der Waals surface area contributed by atoms with Crippen molar-refractivity contribution in [2.24, 2.45) is 5.41 Å². The maximum atomic E-state index is 11.6. The first-order valence-electron chi connectivity index (χ1n) is 6.92. The fraction of sp³-hybridized carbons (Fsp3) is 0.714. The number of carboxylic acid groups (broad SMARTS) is 1. The number of hydrogen-bond donors (Lipinski definition) is 1. The summed E-state index contributed by atoms with van der Waals surface area (Å²) in [5.74, 6) is -0.715. The molecular formula is C14H23N3O2. The summed E-state index contributed by atoms with van der Waals surface area (Å²) in [5.41, 5.74) is 0.913. The molecule has 0 amide bonds. The summed E-state index contributed by atoms with van der Waals surface area (Å²) < 4.78 is 1.88. The third kappa shape index (κ3) is 2.97. The van der Waals surface area contributed by atoms with Gasteiger partial charge in [0.25, 0.3) is 0 Å². The van der Waals surface area contributed by atoms with E-state index in [0.29, 0.717) is 6.54 Å². The molecule has 0 radical (unpaired) electrons. The average molecular weight is 265 g/mol. The number of piperidine rings is 1. The molecule has 1 N–H and O–H groups in total. The van der Waals surface area contributed by atoms with Crippen LogP contribution in [0.4, 0.5) is 0 Å². The SMILES string of the molecule is CCn1cc(CN2CCCC(C)(C)C2C(=O)O)cn1. The standard InChI is InChI=1S/C14H23N3O2/c1-4-17-10-11(8-15-17)9-16-7-5-6-14(2,3)12(16)13(18)19/h8,10,12H,4-7,9H2,1-3H3,(H,18,19). The highest BCUT2D eigenvalue weighted by Crippen LogP contribution is 2.35. The van der Waals surface area contributed by atoms with Gasteiger partial charge in [0.15, 0.2) is 0 Å². The Morgan fingerprint density at radius 3 is 2.89 bits per heavy atom. The number of carboxylic acids is 1. The molecule has 1 unspecified atom stereocenters. The molecule has 106 valence electrons. The van der Waals surface area contributed by atoms with E-state index in [0.717, 1.165) is 31.5 Å². The number of aliphatic carboxylic acids is 1. The molecule has 1 atom stereocenters. The Bertz CT molecular complexity index is 453. The highest BCUT2D eigenvalue weighted by atomic mass is 16.4. The summed E-state index contributed by atoms with van der Waals surface area (Å²) in [6, 6.07) is -0.411. The smallest absolute Gasteiger partial charge is 0.321 e. The number of aromatic nitrogens is 2. The normalized spacial score (nSPS) is 23.4. The van der Waals surface area contributed by atoms with Crippen LogP contribution >= 0.6 is 0 Å². The van der Waals surface area contributed by atoms with Gasteiger partial charge in [-0.05, 0) is 31.7 Å². The van der Waals surface area contributed by atoms with E-state index in [1.807, 2.05) is 37.8 Å². The zero-order valence-electron chi connectivity index (χ0n) is 12.0. The Morgan fingerprint density at radius 1 is 1.58 bits per heavy atom. The fourth-order valence-corrected chi connectivity index (χ4v) is 3.05. The third-order valence-electron chi connectivity index (χ3n) is 4.00. The Hall–Kier alpha value is -1.36. The molecule has 0 aliphatic carbocycles. The van der Waals surface area contributed by atoms with Gasteiger partial charge in [-0.3, -0.25) is 14.4 Å². The van der Waals surface area contributed by atoms with Gasteiger partial charge in [0.1, 0.15) is 6.04 Å². The Labute approximate surface area is 114 Å². The third-order valence-corrected chi connectivity index (χ3v) is 4.00. The number of rotatable bonds is 4. The van der Waals surface area contributed by atoms with Crippen molar-refractivity contribution in [3.05, 3.63) is 18.0 Å². The Morgan fingerprint density at radius 2 is 2.32 bits per heavy atom. The molecule has 0 bridgehead atoms. The summed E-state index contributed by atoms with van der Waals surface area (Å²) in [6.45, 7) is 8.49. The van der Waals surface area contributed by atoms with Gasteiger partial charge in [0.05, 0.1) is 6.20 Å². The maximum Gasteiger partial charge on any atom is 0.321 e. The fourth-order valence-electron chi connectivity index (χ4n) is 3.05. The van der Waals surface area contributed by atoms with E-state index >= 15 is 0 Å². The van der Waals surface area contributed by atoms with Crippen LogP contribution in [-0.2, 0) is 17.9 Å². The molecule has 1 aliphatic rings. The molecule has 1 aromatic rings. The molecule has 1 aromatic heterocycles. The molecular weight excluding hydrogens is 242 g/mol. The lowest BCUT2D eigenvalue weighted by Gasteiger charge is -2.43. The lowest BCUT2D eigenvalue weighted by Crippen LogP contribution is -2.53. The van der Waals surface area contributed by atoms with Crippen LogP contribution in [-0.4, -0.2) is 38.3 Å². The lowest BCUT2D eigenvalue weighted by atomic mass is 9.76. The minimum Gasteiger partial charge on any atom is -0.480 e. The van der Waals surface area contributed by atoms with E-state index in [4.69, 9.17) is 0 Å². The van der Waals surface area contributed by atoms with E-state index < -0.39 is 12.0 Å². The van der Waals surface area contributed by atoms with Crippen LogP contribution in [0.5, 0.6) is 0 Å². The van der Waals surface area contributed by atoms with Crippen LogP contribution in [0.15, 0.2) is 12.4 Å². The van der Waals surface area contributed by atoms with E-state index in [1.165, 1.54) is 0 Å². The van der Waals surface area contributed by atoms with Gasteiger partial charge < -0.3 is 5.11 Å². The second-order valence-corrected chi connectivity index (χ2v) is 6.01. The van der Waals surface area contributed by atoms with Crippen molar-refractivity contribution in [2.75, 3.05) is 6.54 Å². The van der Waals surface area contributed by atoms with Crippen molar-refractivity contribution in [3.8, 4) is 0 Å². The number of aryl methyl sites for hydroxylation is 1. The van der Waals surface area contributed by atoms with Gasteiger partial charge in [-0.15, -0.1) is 0 Å². The van der Waals surface area contributed by atoms with Crippen molar-refractivity contribution in [3.63, 3.8) is 0 Å². The minimum atomic E-state index is -0.715. The Kier molecular flexibility index (Phi) is 3.94. The largest absolute Gasteiger partial charge is 0.480 e. The van der Waals surface area contributed by atoms with E-state index in [-0.39, 0.29) is 5.41 Å². The van der Waals surface area contributed by atoms with Gasteiger partial charge in [-0.2, -0.15) is 5.10 Å². The molecule has 0 aromatic carbocycles. The predicted molar refractivity (Wildman–Crippen MR) is 72.7 cm³/mol. The molecule has 1 fully saturated rings. The Balaban J connectivity index is 2.15. The molecule has 1 aliphatic heterocycles. The summed E-state index contributed by atoms with van der Waals surface area (Å²) in [5, 5.41) is 13.8. The summed E-state index contributed by atoms with van der Waals surface area (Å²) in [6.07, 6.45) is 5.86. The monoisotopic (exact) mass is 265 g/mol. The van der Waals surface area contributed by atoms with E-state index in [9.17, 15) is 9.90 Å². The van der Waals surface area contributed by atoms with Crippen molar-refractivity contribution in [1.29, 1.82) is 0 Å². The van der Waals surface area contributed by atoms with E-state index in [2.05, 4.69) is 10.00 Å². The number of hydrogen-bond acceptors (Lipinski definition) is 3. The van der Waals surface area contributed by atoms with Gasteiger partial charge in [-0.1, -0.05) is 13.8 Å². The highest BCUT2D eigenvalue weighted by molar-refractivity contribution is 5.74. The lowest BCUT2D eigenvalue weighted by molar-refractivity contribution is -0.151. The van der Waals surface area contributed by atoms with E-state index in [1.54, 1.807) is 0 Å². The minimum absolute atomic E-state index is 0.176. The van der Waals surface area contributed by atoms with Gasteiger partial charge >= 0.3 is 5.97 Å². The molecule has 0 spiro atoms. The summed E-state index contributed by atoms with van der Waals surface area (Å²) in [7, 11) is 0. The van der Waals surface area contributed by atoms with Crippen LogP contribution in [0.3, 0.4) is 0 Å². The van der Waals surface area contributed by atoms with Crippen LogP contribution < -0.4 is 0 Å². The molecule has 5 heteroatoms. The van der Waals surface area contributed by atoms with Gasteiger partial charge in [-0.25, -0.2) is 0 Å². The summed E-state index contributed by atoms with van der Waals surface area (Å²) in [4.78, 5) is 13.6. The van der Waals surface area contributed by atoms with Crippen LogP contribution in [0.25, 0.3) is 0 Å². The van der Waals surface area contributed by atoms with Gasteiger partial charge in [0, 0.05) is 24.8 Å². The highest BCUT2D eigenvalue weighted by Gasteiger charge is 2.42. The molecule has 2 heterocycles. The second-order valence-electron chi connectivity index (χ2n) is 6.01. The second kappa shape index (κ2) is 5.33. The topological polar surface area (TPSA) is 58.4 Å². The van der Waals surface area contributed by atoms with Crippen molar-refractivity contribution in [2.45, 2.75) is 52.7 Å². The quantitative estimate of drug-likeness (QED) is 0.904. The van der Waals surface area contributed by atoms with Crippen molar-refractivity contribution in [1.82, 2.24) is 14.7 Å². The predicted octanol–water partition coefficient (Wildman–Crippen LogP) is 1.98. The van der Waals surface area contributed by atoms with Crippen LogP contribution in [0, 0.1) is 5.41 Å². The van der Waals surface area contributed by atoms with Crippen LogP contribution in [0.1, 0.15) is 39.2 Å². The number of carbonyl (C=O) groups is 1. The molecule has 0 saturated carbocycles. The number of likely N-dealkylation sites (tertiary alicyclic amines) is 1. The molecule has 1 saturated heterocycles. The number of nitrogens with zero attached hydrogens (tertiary/aromatic N) is 3. The maximum absolute atomic E-state index is 11.6. The summed E-state index contributed by atoms with van der Waals surface area (Å²) >= 11 is 0. The first-order valence-corrected chi connectivity index (χ1v) is 6.92. The molecule has 5 nitrogen and oxygen atoms in total. The van der Waals surface area contributed by atoms with Gasteiger partial charge in [0.2, 0.25) is 0 Å². The first-order chi connectivity index (χ1) is 8.94. The molecule has 2 rings (SSSR count).